The maximum atomic E-state index is 7.04. The van der Waals surface area contributed by atoms with E-state index in [0.29, 0.717) is 10.0 Å². The van der Waals surface area contributed by atoms with Gasteiger partial charge in [0.15, 0.2) is 0 Å². The first-order valence-corrected chi connectivity index (χ1v) is 24.4. The quantitative estimate of drug-likeness (QED) is 0.120. The van der Waals surface area contributed by atoms with Crippen LogP contribution in [0.25, 0.3) is 44.5 Å². The van der Waals surface area contributed by atoms with Crippen molar-refractivity contribution in [1.29, 1.82) is 0 Å². The molecule has 68 heavy (non-hydrogen) atoms. The molecule has 338 valence electrons. The summed E-state index contributed by atoms with van der Waals surface area (Å²) < 4.78 is 0. The van der Waals surface area contributed by atoms with Crippen LogP contribution in [0.4, 0.5) is 34.1 Å². The molecule has 2 nitrogen and oxygen atoms in total. The molecule has 0 amide bonds. The van der Waals surface area contributed by atoms with Crippen LogP contribution >= 0.6 is 23.2 Å². The maximum absolute atomic E-state index is 7.04. The summed E-state index contributed by atoms with van der Waals surface area (Å²) in [6.07, 6.45) is 0. The van der Waals surface area contributed by atoms with Crippen LogP contribution in [0.3, 0.4) is 0 Å². The fraction of sp³-hybridized carbons (Fsp3) is 0.156. The van der Waals surface area contributed by atoms with Crippen LogP contribution in [0.2, 0.25) is 10.0 Å². The van der Waals surface area contributed by atoms with Gasteiger partial charge in [0.2, 0.25) is 0 Å². The summed E-state index contributed by atoms with van der Waals surface area (Å²) in [6, 6.07) is 76.4. The van der Waals surface area contributed by atoms with E-state index in [1.54, 1.807) is 0 Å². The maximum Gasteiger partial charge on any atom is 0.0618 e. The highest BCUT2D eigenvalue weighted by atomic mass is 35.5. The molecule has 4 heteroatoms. The normalized spacial score (nSPS) is 11.6. The predicted molar refractivity (Wildman–Crippen MR) is 294 cm³/mol. The number of rotatable bonds is 12. The van der Waals surface area contributed by atoms with E-state index < -0.39 is 0 Å². The van der Waals surface area contributed by atoms with Gasteiger partial charge in [-0.25, -0.2) is 0 Å². The number of halogens is 2. The van der Waals surface area contributed by atoms with Gasteiger partial charge in [-0.15, -0.1) is 0 Å². The Morgan fingerprint density at radius 2 is 0.647 bits per heavy atom. The summed E-state index contributed by atoms with van der Waals surface area (Å²) in [5.74, 6) is 0.575. The number of nitrogens with zero attached hydrogens (tertiary/aromatic N) is 2. The first-order valence-electron chi connectivity index (χ1n) is 23.7. The van der Waals surface area contributed by atoms with Crippen molar-refractivity contribution in [3.05, 3.63) is 239 Å². The second-order valence-corrected chi connectivity index (χ2v) is 20.2. The summed E-state index contributed by atoms with van der Waals surface area (Å²) in [5.41, 5.74) is 18.5. The lowest BCUT2D eigenvalue weighted by Gasteiger charge is -2.36. The van der Waals surface area contributed by atoms with Crippen LogP contribution in [0, 0.1) is 0 Å². The molecule has 0 radical (unpaired) electrons. The van der Waals surface area contributed by atoms with Crippen molar-refractivity contribution in [1.82, 2.24) is 0 Å². The van der Waals surface area contributed by atoms with Crippen LogP contribution < -0.4 is 9.80 Å². The topological polar surface area (TPSA) is 6.48 Å². The molecule has 0 aliphatic heterocycles. The third-order valence-corrected chi connectivity index (χ3v) is 13.3. The molecule has 0 heterocycles. The summed E-state index contributed by atoms with van der Waals surface area (Å²) >= 11 is 14.1. The first-order chi connectivity index (χ1) is 32.8. The van der Waals surface area contributed by atoms with Gasteiger partial charge in [-0.1, -0.05) is 205 Å². The van der Waals surface area contributed by atoms with Crippen molar-refractivity contribution in [3.8, 4) is 44.5 Å². The minimum absolute atomic E-state index is 0.261. The van der Waals surface area contributed by atoms with E-state index in [1.807, 2.05) is 12.1 Å². The third-order valence-electron chi connectivity index (χ3n) is 12.8. The minimum atomic E-state index is -0.261. The second kappa shape index (κ2) is 19.8. The van der Waals surface area contributed by atoms with Crippen molar-refractivity contribution in [2.45, 2.75) is 65.7 Å². The predicted octanol–water partition coefficient (Wildman–Crippen LogP) is 20.1. The Labute approximate surface area is 414 Å². The van der Waals surface area contributed by atoms with Gasteiger partial charge in [0.05, 0.1) is 11.4 Å². The molecule has 0 spiro atoms. The fourth-order valence-electron chi connectivity index (χ4n) is 9.14. The number of hydrogen-bond acceptors (Lipinski definition) is 2. The van der Waals surface area contributed by atoms with E-state index >= 15 is 0 Å². The van der Waals surface area contributed by atoms with Gasteiger partial charge in [0, 0.05) is 55.0 Å². The Kier molecular flexibility index (Phi) is 13.5. The van der Waals surface area contributed by atoms with Crippen molar-refractivity contribution >= 4 is 57.3 Å². The standard InChI is InChI=1S/C64H58Cl2N2/c1-43(2)49-34-58(45-22-12-8-13-23-45)62(59(35-49)46-24-14-9-15-25-46)67(54-32-20-30-52(65)40-54)56-38-51(64(5,6)7)39-57(42-56)68(55-33-21-31-53(66)41-55)63-60(47-26-16-10-17-27-47)36-50(44(3)4)37-61(63)48-28-18-11-19-29-48/h8-44H,1-7H3. The van der Waals surface area contributed by atoms with Crippen LogP contribution in [-0.4, -0.2) is 0 Å². The van der Waals surface area contributed by atoms with E-state index in [4.69, 9.17) is 23.2 Å². The van der Waals surface area contributed by atoms with Crippen LogP contribution in [0.5, 0.6) is 0 Å². The highest BCUT2D eigenvalue weighted by Gasteiger charge is 2.30. The van der Waals surface area contributed by atoms with Crippen molar-refractivity contribution < 1.29 is 0 Å². The van der Waals surface area contributed by atoms with E-state index in [1.165, 1.54) is 16.7 Å². The Hall–Kier alpha value is -6.84. The smallest absolute Gasteiger partial charge is 0.0618 e. The van der Waals surface area contributed by atoms with Gasteiger partial charge in [-0.2, -0.15) is 0 Å². The van der Waals surface area contributed by atoms with Crippen LogP contribution in [0.1, 0.15) is 77.0 Å². The zero-order valence-electron chi connectivity index (χ0n) is 40.0. The summed E-state index contributed by atoms with van der Waals surface area (Å²) in [6.45, 7) is 16.0. The van der Waals surface area contributed by atoms with Gasteiger partial charge in [-0.3, -0.25) is 0 Å². The van der Waals surface area contributed by atoms with Gasteiger partial charge in [-0.05, 0) is 135 Å². The van der Waals surface area contributed by atoms with Gasteiger partial charge < -0.3 is 9.80 Å². The molecular weight excluding hydrogens is 868 g/mol. The molecule has 9 aromatic rings. The van der Waals surface area contributed by atoms with Gasteiger partial charge >= 0.3 is 0 Å². The molecule has 0 bridgehead atoms. The van der Waals surface area contributed by atoms with Gasteiger partial charge in [0.1, 0.15) is 0 Å². The second-order valence-electron chi connectivity index (χ2n) is 19.3. The Morgan fingerprint density at radius 1 is 0.338 bits per heavy atom. The first kappa shape index (κ1) is 46.3. The number of anilines is 6. The number of benzene rings is 9. The molecule has 0 saturated heterocycles. The molecule has 0 atom stereocenters. The van der Waals surface area contributed by atoms with E-state index in [0.717, 1.165) is 78.6 Å². The zero-order valence-corrected chi connectivity index (χ0v) is 41.5. The van der Waals surface area contributed by atoms with Crippen molar-refractivity contribution in [3.63, 3.8) is 0 Å². The Bertz CT molecular complexity index is 2840. The average Bonchev–Trinajstić information content (AvgIpc) is 3.35. The highest BCUT2D eigenvalue weighted by Crippen LogP contribution is 2.53. The average molecular weight is 926 g/mol. The lowest BCUT2D eigenvalue weighted by Crippen LogP contribution is -2.19. The lowest BCUT2D eigenvalue weighted by atomic mass is 9.85. The van der Waals surface area contributed by atoms with Crippen molar-refractivity contribution in [2.24, 2.45) is 0 Å². The van der Waals surface area contributed by atoms with E-state index in [-0.39, 0.29) is 17.3 Å². The Balaban J connectivity index is 1.45. The summed E-state index contributed by atoms with van der Waals surface area (Å²) in [7, 11) is 0. The van der Waals surface area contributed by atoms with Crippen LogP contribution in [-0.2, 0) is 5.41 Å². The molecule has 9 rings (SSSR count). The fourth-order valence-corrected chi connectivity index (χ4v) is 9.51. The lowest BCUT2D eigenvalue weighted by molar-refractivity contribution is 0.590. The molecule has 9 aromatic carbocycles. The third kappa shape index (κ3) is 9.76. The molecule has 0 saturated carbocycles. The van der Waals surface area contributed by atoms with E-state index in [2.05, 4.69) is 258 Å². The Morgan fingerprint density at radius 3 is 0.912 bits per heavy atom. The molecule has 0 fully saturated rings. The highest BCUT2D eigenvalue weighted by molar-refractivity contribution is 6.31. The zero-order chi connectivity index (χ0) is 47.5. The molecule has 0 unspecified atom stereocenters. The molecule has 0 aliphatic carbocycles. The largest absolute Gasteiger partial charge is 0.309 e. The van der Waals surface area contributed by atoms with Crippen LogP contribution in [0.15, 0.2) is 212 Å². The molecular formula is C64H58Cl2N2. The minimum Gasteiger partial charge on any atom is -0.309 e. The molecule has 0 N–H and O–H groups in total. The molecule has 0 aliphatic rings. The van der Waals surface area contributed by atoms with E-state index in [9.17, 15) is 0 Å². The SMILES string of the molecule is CC(C)c1cc(-c2ccccc2)c(N(c2cccc(Cl)c2)c2cc(N(c3cccc(Cl)c3)c3c(-c4ccccc4)cc(C(C)C)cc3-c3ccccc3)cc(C(C)(C)C)c2)c(-c2ccccc2)c1. The monoisotopic (exact) mass is 924 g/mol. The van der Waals surface area contributed by atoms with Gasteiger partial charge in [0.25, 0.3) is 0 Å². The summed E-state index contributed by atoms with van der Waals surface area (Å²) in [4.78, 5) is 4.88. The molecule has 0 aromatic heterocycles. The number of hydrogen-bond donors (Lipinski definition) is 0. The summed E-state index contributed by atoms with van der Waals surface area (Å²) in [5, 5.41) is 1.32. The van der Waals surface area contributed by atoms with Crippen molar-refractivity contribution in [2.75, 3.05) is 9.80 Å².